The van der Waals surface area contributed by atoms with Crippen LogP contribution in [0.3, 0.4) is 0 Å². The van der Waals surface area contributed by atoms with Crippen LogP contribution < -0.4 is 12.4 Å². The molecule has 0 aliphatic carbocycles. The Morgan fingerprint density at radius 3 is 1.65 bits per heavy atom. The van der Waals surface area contributed by atoms with E-state index in [0.717, 1.165) is 53.5 Å². The summed E-state index contributed by atoms with van der Waals surface area (Å²) in [6.45, 7) is 4.82. The second kappa shape index (κ2) is 19.1. The summed E-state index contributed by atoms with van der Waals surface area (Å²) < 4.78 is 0. The molecule has 0 N–H and O–H groups in total. The van der Waals surface area contributed by atoms with Crippen LogP contribution >= 0.6 is 34.8 Å². The second-order valence-electron chi connectivity index (χ2n) is 12.9. The summed E-state index contributed by atoms with van der Waals surface area (Å²) in [5, 5.41) is 1.98. The third kappa shape index (κ3) is 10.6. The summed E-state index contributed by atoms with van der Waals surface area (Å²) in [6.07, 6.45) is 9.07. The molecule has 0 atom stereocenters. The molecule has 4 heterocycles. The number of likely N-dealkylation sites (tertiary alicyclic amines) is 2. The van der Waals surface area contributed by atoms with Crippen LogP contribution in [0.4, 0.5) is 11.4 Å². The maximum absolute atomic E-state index is 6.24. The van der Waals surface area contributed by atoms with E-state index >= 15 is 0 Å². The molecule has 4 aromatic carbocycles. The zero-order chi connectivity index (χ0) is 32.8. The Hall–Kier alpha value is -1.93. The largest absolute Gasteiger partial charge is 2.00 e. The summed E-state index contributed by atoms with van der Waals surface area (Å²) in [6, 6.07) is 28.7. The molecule has 0 aromatic heterocycles. The van der Waals surface area contributed by atoms with E-state index < -0.39 is 0 Å². The quantitative estimate of drug-likeness (QED) is 0.159. The Morgan fingerprint density at radius 1 is 0.612 bits per heavy atom. The molecule has 4 aromatic rings. The van der Waals surface area contributed by atoms with E-state index in [-0.39, 0.29) is 35.5 Å². The zero-order valence-corrected chi connectivity index (χ0v) is 32.8. The molecule has 9 heteroatoms. The molecular weight excluding hydrogens is 703 g/mol. The van der Waals surface area contributed by atoms with Gasteiger partial charge in [0.15, 0.2) is 0 Å². The Bertz CT molecular complexity index is 1760. The molecule has 0 unspecified atom stereocenters. The van der Waals surface area contributed by atoms with Gasteiger partial charge >= 0.3 is 23.1 Å². The molecular formula is C40H42Cl4MgN4. The molecule has 252 valence electrons. The first-order chi connectivity index (χ1) is 22.8. The predicted molar refractivity (Wildman–Crippen MR) is 207 cm³/mol. The van der Waals surface area contributed by atoms with Gasteiger partial charge in [-0.05, 0) is 105 Å². The molecule has 2 fully saturated rings. The third-order valence-corrected chi connectivity index (χ3v) is 10.1. The molecule has 0 spiro atoms. The van der Waals surface area contributed by atoms with Crippen molar-refractivity contribution in [2.45, 2.75) is 38.5 Å². The smallest absolute Gasteiger partial charge is 1.00 e. The molecule has 0 saturated carbocycles. The van der Waals surface area contributed by atoms with Gasteiger partial charge in [0.1, 0.15) is 5.17 Å². The monoisotopic (exact) mass is 742 g/mol. The average Bonchev–Trinajstić information content (AvgIpc) is 3.33. The summed E-state index contributed by atoms with van der Waals surface area (Å²) in [7, 11) is 4.38. The number of piperidine rings is 2. The van der Waals surface area contributed by atoms with E-state index in [1.807, 2.05) is 48.5 Å². The summed E-state index contributed by atoms with van der Waals surface area (Å²) in [5.74, 6) is 0.539. The fourth-order valence-electron chi connectivity index (χ4n) is 6.62. The number of nitrogens with zero attached hydrogens (tertiary/aromatic N) is 4. The van der Waals surface area contributed by atoms with E-state index in [1.165, 1.54) is 66.7 Å². The minimum atomic E-state index is 0. The Morgan fingerprint density at radius 2 is 1.10 bits per heavy atom. The number of halogens is 4. The van der Waals surface area contributed by atoms with E-state index in [1.54, 1.807) is 0 Å². The molecule has 0 amide bonds. The van der Waals surface area contributed by atoms with Crippen LogP contribution in [-0.4, -0.2) is 84.0 Å². The van der Waals surface area contributed by atoms with Gasteiger partial charge in [-0.2, -0.15) is 12.8 Å². The van der Waals surface area contributed by atoms with Gasteiger partial charge < -0.3 is 28.6 Å². The first-order valence-electron chi connectivity index (χ1n) is 16.6. The van der Waals surface area contributed by atoms with Crippen LogP contribution in [0.15, 0.2) is 94.9 Å². The van der Waals surface area contributed by atoms with Crippen LogP contribution in [0.5, 0.6) is 0 Å². The molecule has 4 aliphatic rings. The Balaban J connectivity index is 0.000000183. The number of hydrogen-bond acceptors (Lipinski definition) is 4. The topological polar surface area (TPSA) is 31.2 Å². The SMILES string of the molecule is CN1CCC(C2=Nc3cc(Cl)ccc3Cc3ccccc32)CC1.CN1CC[CH-]CC1.ClC1=Nc2cc(Cl)ccc2Cc2ccccc21.[Cl-].[Mg+2]. The Labute approximate surface area is 329 Å². The fraction of sp³-hybridized carbons (Fsp3) is 0.325. The molecule has 2 saturated heterocycles. The van der Waals surface area contributed by atoms with E-state index in [4.69, 9.17) is 39.8 Å². The van der Waals surface area contributed by atoms with Crippen LogP contribution in [-0.2, 0) is 12.8 Å². The minimum absolute atomic E-state index is 0. The number of hydrogen-bond donors (Lipinski definition) is 0. The normalized spacial score (nSPS) is 17.1. The van der Waals surface area contributed by atoms with Crippen molar-refractivity contribution in [3.63, 3.8) is 0 Å². The van der Waals surface area contributed by atoms with Gasteiger partial charge in [-0.25, -0.2) is 4.99 Å². The molecule has 4 aliphatic heterocycles. The van der Waals surface area contributed by atoms with Crippen molar-refractivity contribution in [1.29, 1.82) is 0 Å². The van der Waals surface area contributed by atoms with E-state index in [2.05, 4.69) is 71.7 Å². The standard InChI is InChI=1S/C20H21ClN2.C14H9Cl2N.C6H12N.ClH.Mg/c1-23-10-8-14(9-11-23)20-18-5-3-2-4-15(18)12-16-6-7-17(21)13-19(16)22-20;15-11-6-5-10-7-9-3-1-2-4-12(9)14(16)17-13(10)8-11;1-7-5-3-2-4-6-7;;/h2-7,13-14H,8-12H2,1H3;1-6,8H,7H2;2H,3-6H2,1H3;1H;/q;;-1;;+2/p-1. The van der Waals surface area contributed by atoms with Gasteiger partial charge in [0.25, 0.3) is 0 Å². The number of fused-ring (bicyclic) bond motifs is 4. The van der Waals surface area contributed by atoms with Crippen LogP contribution in [0.25, 0.3) is 0 Å². The number of benzene rings is 4. The molecule has 0 bridgehead atoms. The predicted octanol–water partition coefficient (Wildman–Crippen LogP) is 6.81. The first-order valence-corrected chi connectivity index (χ1v) is 17.7. The summed E-state index contributed by atoms with van der Waals surface area (Å²) in [4.78, 5) is 14.3. The van der Waals surface area contributed by atoms with Crippen LogP contribution in [0.1, 0.15) is 59.1 Å². The van der Waals surface area contributed by atoms with Gasteiger partial charge in [-0.1, -0.05) is 95.5 Å². The Kier molecular flexibility index (Phi) is 15.5. The minimum Gasteiger partial charge on any atom is -1.00 e. The van der Waals surface area contributed by atoms with E-state index in [0.29, 0.717) is 16.1 Å². The summed E-state index contributed by atoms with van der Waals surface area (Å²) >= 11 is 18.4. The summed E-state index contributed by atoms with van der Waals surface area (Å²) in [5.41, 5.74) is 10.5. The van der Waals surface area contributed by atoms with Gasteiger partial charge in [-0.3, -0.25) is 4.99 Å². The van der Waals surface area contributed by atoms with Crippen molar-refractivity contribution in [2.75, 3.05) is 40.3 Å². The third-order valence-electron chi connectivity index (χ3n) is 9.38. The van der Waals surface area contributed by atoms with Crippen molar-refractivity contribution in [3.8, 4) is 0 Å². The van der Waals surface area contributed by atoms with E-state index in [9.17, 15) is 0 Å². The fourth-order valence-corrected chi connectivity index (χ4v) is 7.23. The van der Waals surface area contributed by atoms with Crippen molar-refractivity contribution in [1.82, 2.24) is 9.80 Å². The maximum atomic E-state index is 6.24. The van der Waals surface area contributed by atoms with Gasteiger partial charge in [0.05, 0.1) is 17.1 Å². The van der Waals surface area contributed by atoms with Crippen molar-refractivity contribution >= 4 is 80.1 Å². The molecule has 0 radical (unpaired) electrons. The zero-order valence-electron chi connectivity index (χ0n) is 28.3. The van der Waals surface area contributed by atoms with Crippen LogP contribution in [0, 0.1) is 12.3 Å². The van der Waals surface area contributed by atoms with Crippen molar-refractivity contribution < 1.29 is 12.4 Å². The number of rotatable bonds is 1. The van der Waals surface area contributed by atoms with Crippen LogP contribution in [0.2, 0.25) is 10.0 Å². The molecule has 4 nitrogen and oxygen atoms in total. The molecule has 49 heavy (non-hydrogen) atoms. The van der Waals surface area contributed by atoms with Crippen molar-refractivity contribution in [3.05, 3.63) is 135 Å². The van der Waals surface area contributed by atoms with Gasteiger partial charge in [0, 0.05) is 34.4 Å². The van der Waals surface area contributed by atoms with Crippen molar-refractivity contribution in [2.24, 2.45) is 15.9 Å². The second-order valence-corrected chi connectivity index (χ2v) is 14.1. The first kappa shape index (κ1) is 39.8. The molecule has 8 rings (SSSR count). The number of aliphatic imine (C=N–C) groups is 2. The average molecular weight is 745 g/mol. The van der Waals surface area contributed by atoms with Gasteiger partial charge in [0.2, 0.25) is 0 Å². The maximum Gasteiger partial charge on any atom is 2.00 e. The van der Waals surface area contributed by atoms with Gasteiger partial charge in [-0.15, -0.1) is 0 Å².